The normalized spacial score (nSPS) is 27.2. The van der Waals surface area contributed by atoms with E-state index in [1.807, 2.05) is 6.92 Å². The molecule has 1 heterocycles. The lowest BCUT2D eigenvalue weighted by Gasteiger charge is -2.45. The lowest BCUT2D eigenvalue weighted by Crippen LogP contribution is -2.59. The van der Waals surface area contributed by atoms with Crippen LogP contribution in [0.3, 0.4) is 0 Å². The Labute approximate surface area is 129 Å². The Balaban J connectivity index is 2.54. The molecule has 1 amide bonds. The first-order chi connectivity index (χ1) is 9.67. The second kappa shape index (κ2) is 7.56. The lowest BCUT2D eigenvalue weighted by atomic mass is 9.97. The maximum atomic E-state index is 12.1. The minimum atomic E-state index is -0.423. The predicted octanol–water partition coefficient (Wildman–Crippen LogP) is 1.36. The molecule has 0 bridgehead atoms. The minimum Gasteiger partial charge on any atom is -0.373 e. The van der Waals surface area contributed by atoms with Crippen molar-refractivity contribution in [3.63, 3.8) is 0 Å². The van der Waals surface area contributed by atoms with Crippen LogP contribution in [0.4, 0.5) is 0 Å². The van der Waals surface area contributed by atoms with Gasteiger partial charge in [-0.2, -0.15) is 0 Å². The van der Waals surface area contributed by atoms with Gasteiger partial charge >= 0.3 is 0 Å². The van der Waals surface area contributed by atoms with Gasteiger partial charge in [-0.3, -0.25) is 9.69 Å². The second-order valence-corrected chi connectivity index (χ2v) is 7.10. The Bertz CT molecular complexity index is 336. The molecule has 0 aromatic heterocycles. The molecule has 4 unspecified atom stereocenters. The number of hydrogen-bond acceptors (Lipinski definition) is 4. The lowest BCUT2D eigenvalue weighted by molar-refractivity contribution is -0.125. The molecule has 1 saturated heterocycles. The van der Waals surface area contributed by atoms with Gasteiger partial charge in [0.25, 0.3) is 0 Å². The topological polar surface area (TPSA) is 67.6 Å². The van der Waals surface area contributed by atoms with Gasteiger partial charge in [0.2, 0.25) is 5.91 Å². The first kappa shape index (κ1) is 18.4. The fourth-order valence-corrected chi connectivity index (χ4v) is 2.72. The van der Waals surface area contributed by atoms with E-state index >= 15 is 0 Å². The largest absolute Gasteiger partial charge is 0.373 e. The summed E-state index contributed by atoms with van der Waals surface area (Å²) in [5, 5.41) is 3.02. The van der Waals surface area contributed by atoms with Gasteiger partial charge in [-0.15, -0.1) is 0 Å². The Morgan fingerprint density at radius 2 is 1.90 bits per heavy atom. The smallest absolute Gasteiger partial charge is 0.237 e. The molecule has 21 heavy (non-hydrogen) atoms. The van der Waals surface area contributed by atoms with Crippen LogP contribution in [0, 0.1) is 5.92 Å². The summed E-state index contributed by atoms with van der Waals surface area (Å²) in [6, 6.07) is -0.423. The summed E-state index contributed by atoms with van der Waals surface area (Å²) >= 11 is 0. The highest BCUT2D eigenvalue weighted by atomic mass is 16.5. The van der Waals surface area contributed by atoms with E-state index in [2.05, 4.69) is 44.8 Å². The summed E-state index contributed by atoms with van der Waals surface area (Å²) in [5.41, 5.74) is 5.88. The molecule has 0 radical (unpaired) electrons. The molecule has 0 aliphatic carbocycles. The third kappa shape index (κ3) is 5.24. The van der Waals surface area contributed by atoms with E-state index in [1.165, 1.54) is 0 Å². The van der Waals surface area contributed by atoms with Gasteiger partial charge in [-0.1, -0.05) is 20.3 Å². The number of amides is 1. The van der Waals surface area contributed by atoms with Gasteiger partial charge in [-0.05, 0) is 33.6 Å². The number of nitrogens with zero attached hydrogens (tertiary/aromatic N) is 1. The van der Waals surface area contributed by atoms with E-state index in [-0.39, 0.29) is 29.6 Å². The molecular weight excluding hydrogens is 266 g/mol. The SMILES string of the molecule is CCC(C)C(N)C(=O)NCC(C)(C)N1CC(C)OC(C)C1. The van der Waals surface area contributed by atoms with Crippen LogP contribution in [0.5, 0.6) is 0 Å². The van der Waals surface area contributed by atoms with Crippen LogP contribution in [0.25, 0.3) is 0 Å². The van der Waals surface area contributed by atoms with Crippen LogP contribution in [-0.4, -0.2) is 54.2 Å². The zero-order valence-electron chi connectivity index (χ0n) is 14.5. The highest BCUT2D eigenvalue weighted by Crippen LogP contribution is 2.20. The van der Waals surface area contributed by atoms with Crippen LogP contribution < -0.4 is 11.1 Å². The summed E-state index contributed by atoms with van der Waals surface area (Å²) in [5.74, 6) is 0.156. The highest BCUT2D eigenvalue weighted by molar-refractivity contribution is 5.81. The van der Waals surface area contributed by atoms with Crippen molar-refractivity contribution in [1.29, 1.82) is 0 Å². The number of carbonyl (C=O) groups excluding carboxylic acids is 1. The Hall–Kier alpha value is -0.650. The number of hydrogen-bond donors (Lipinski definition) is 2. The molecule has 5 nitrogen and oxygen atoms in total. The Morgan fingerprint density at radius 1 is 1.38 bits per heavy atom. The van der Waals surface area contributed by atoms with E-state index in [0.717, 1.165) is 19.5 Å². The second-order valence-electron chi connectivity index (χ2n) is 7.10. The van der Waals surface area contributed by atoms with E-state index in [9.17, 15) is 4.79 Å². The third-order valence-electron chi connectivity index (χ3n) is 4.53. The molecule has 1 rings (SSSR count). The van der Waals surface area contributed by atoms with Crippen molar-refractivity contribution in [3.8, 4) is 0 Å². The zero-order valence-corrected chi connectivity index (χ0v) is 14.5. The molecule has 1 aliphatic heterocycles. The summed E-state index contributed by atoms with van der Waals surface area (Å²) in [6.45, 7) is 15.0. The molecular formula is C16H33N3O2. The van der Waals surface area contributed by atoms with Crippen LogP contribution in [0.15, 0.2) is 0 Å². The first-order valence-corrected chi connectivity index (χ1v) is 8.11. The Kier molecular flexibility index (Phi) is 6.63. The van der Waals surface area contributed by atoms with Crippen molar-refractivity contribution in [2.75, 3.05) is 19.6 Å². The van der Waals surface area contributed by atoms with Gasteiger partial charge < -0.3 is 15.8 Å². The predicted molar refractivity (Wildman–Crippen MR) is 86.1 cm³/mol. The van der Waals surface area contributed by atoms with Crippen molar-refractivity contribution in [2.24, 2.45) is 11.7 Å². The molecule has 1 aliphatic rings. The molecule has 0 aromatic rings. The molecule has 1 fully saturated rings. The van der Waals surface area contributed by atoms with Crippen molar-refractivity contribution < 1.29 is 9.53 Å². The number of carbonyl (C=O) groups is 1. The molecule has 124 valence electrons. The van der Waals surface area contributed by atoms with Crippen molar-refractivity contribution in [3.05, 3.63) is 0 Å². The van der Waals surface area contributed by atoms with Gasteiger partial charge in [0.1, 0.15) is 0 Å². The summed E-state index contributed by atoms with van der Waals surface area (Å²) < 4.78 is 5.77. The number of nitrogens with two attached hydrogens (primary N) is 1. The molecule has 4 atom stereocenters. The van der Waals surface area contributed by atoms with Crippen molar-refractivity contribution in [1.82, 2.24) is 10.2 Å². The fraction of sp³-hybridized carbons (Fsp3) is 0.938. The number of morpholine rings is 1. The number of ether oxygens (including phenoxy) is 1. The average molecular weight is 299 g/mol. The molecule has 0 spiro atoms. The van der Waals surface area contributed by atoms with Gasteiger partial charge in [0, 0.05) is 25.2 Å². The quantitative estimate of drug-likeness (QED) is 0.777. The minimum absolute atomic E-state index is 0.0493. The van der Waals surface area contributed by atoms with E-state index in [1.54, 1.807) is 0 Å². The Morgan fingerprint density at radius 3 is 2.38 bits per heavy atom. The average Bonchev–Trinajstić information content (AvgIpc) is 2.42. The van der Waals surface area contributed by atoms with Crippen LogP contribution in [0.1, 0.15) is 48.0 Å². The third-order valence-corrected chi connectivity index (χ3v) is 4.53. The maximum absolute atomic E-state index is 12.1. The van der Waals surface area contributed by atoms with Crippen molar-refractivity contribution >= 4 is 5.91 Å². The molecule has 3 N–H and O–H groups in total. The number of nitrogens with one attached hydrogen (secondary N) is 1. The maximum Gasteiger partial charge on any atom is 0.237 e. The summed E-state index contributed by atoms with van der Waals surface area (Å²) in [4.78, 5) is 14.5. The van der Waals surface area contributed by atoms with Crippen LogP contribution >= 0.6 is 0 Å². The monoisotopic (exact) mass is 299 g/mol. The van der Waals surface area contributed by atoms with Gasteiger partial charge in [-0.25, -0.2) is 0 Å². The van der Waals surface area contributed by atoms with E-state index < -0.39 is 6.04 Å². The van der Waals surface area contributed by atoms with E-state index in [0.29, 0.717) is 6.54 Å². The summed E-state index contributed by atoms with van der Waals surface area (Å²) in [7, 11) is 0. The standard InChI is InChI=1S/C16H33N3O2/c1-7-11(2)14(17)15(20)18-10-16(5,6)19-8-12(3)21-13(4)9-19/h11-14H,7-10,17H2,1-6H3,(H,18,20). The van der Waals surface area contributed by atoms with E-state index in [4.69, 9.17) is 10.5 Å². The van der Waals surface area contributed by atoms with Gasteiger partial charge in [0.15, 0.2) is 0 Å². The molecule has 0 saturated carbocycles. The fourth-order valence-electron chi connectivity index (χ4n) is 2.72. The van der Waals surface area contributed by atoms with Gasteiger partial charge in [0.05, 0.1) is 18.2 Å². The highest BCUT2D eigenvalue weighted by Gasteiger charge is 2.33. The van der Waals surface area contributed by atoms with Crippen molar-refractivity contribution in [2.45, 2.75) is 71.8 Å². The summed E-state index contributed by atoms with van der Waals surface area (Å²) in [6.07, 6.45) is 1.37. The first-order valence-electron chi connectivity index (χ1n) is 8.11. The number of rotatable bonds is 6. The van der Waals surface area contributed by atoms with Crippen LogP contribution in [0.2, 0.25) is 0 Å². The van der Waals surface area contributed by atoms with Crippen LogP contribution in [-0.2, 0) is 9.53 Å². The zero-order chi connectivity index (χ0) is 16.2. The molecule has 0 aromatic carbocycles. The molecule has 5 heteroatoms.